The Hall–Kier alpha value is -2.29. The SMILES string of the molecule is Cn1c(N2CCc3ccccc32)nc2ccccc21. The Labute approximate surface area is 112 Å². The summed E-state index contributed by atoms with van der Waals surface area (Å²) in [5.41, 5.74) is 4.95. The summed E-state index contributed by atoms with van der Waals surface area (Å²) in [5, 5.41) is 0. The molecule has 0 amide bonds. The minimum Gasteiger partial charge on any atom is -0.313 e. The van der Waals surface area contributed by atoms with Crippen molar-refractivity contribution in [2.24, 2.45) is 7.05 Å². The number of nitrogens with zero attached hydrogens (tertiary/aromatic N) is 3. The van der Waals surface area contributed by atoms with Gasteiger partial charge in [0.1, 0.15) is 0 Å². The number of hydrogen-bond donors (Lipinski definition) is 0. The smallest absolute Gasteiger partial charge is 0.210 e. The molecular formula is C16H15N3. The van der Waals surface area contributed by atoms with Crippen molar-refractivity contribution < 1.29 is 0 Å². The quantitative estimate of drug-likeness (QED) is 0.660. The molecule has 1 aliphatic rings. The van der Waals surface area contributed by atoms with E-state index in [0.717, 1.165) is 24.4 Å². The zero-order chi connectivity index (χ0) is 12.8. The van der Waals surface area contributed by atoms with E-state index >= 15 is 0 Å². The first kappa shape index (κ1) is 10.6. The lowest BCUT2D eigenvalue weighted by Gasteiger charge is -2.18. The number of anilines is 2. The number of aromatic nitrogens is 2. The summed E-state index contributed by atoms with van der Waals surface area (Å²) >= 11 is 0. The molecule has 0 N–H and O–H groups in total. The highest BCUT2D eigenvalue weighted by Crippen LogP contribution is 2.34. The van der Waals surface area contributed by atoms with Gasteiger partial charge in [-0.3, -0.25) is 0 Å². The number of hydrogen-bond acceptors (Lipinski definition) is 2. The second-order valence-corrected chi connectivity index (χ2v) is 4.99. The van der Waals surface area contributed by atoms with Gasteiger partial charge in [0.05, 0.1) is 11.0 Å². The Kier molecular flexibility index (Phi) is 2.15. The molecular weight excluding hydrogens is 234 g/mol. The summed E-state index contributed by atoms with van der Waals surface area (Å²) in [4.78, 5) is 7.10. The van der Waals surface area contributed by atoms with E-state index in [1.165, 1.54) is 16.8 Å². The fourth-order valence-electron chi connectivity index (χ4n) is 2.92. The third-order valence-electron chi connectivity index (χ3n) is 3.89. The molecule has 94 valence electrons. The molecule has 0 atom stereocenters. The van der Waals surface area contributed by atoms with Gasteiger partial charge >= 0.3 is 0 Å². The molecule has 4 rings (SSSR count). The number of benzene rings is 2. The molecule has 1 aliphatic heterocycles. The molecule has 0 bridgehead atoms. The first-order valence-corrected chi connectivity index (χ1v) is 6.61. The zero-order valence-corrected chi connectivity index (χ0v) is 10.9. The van der Waals surface area contributed by atoms with Crippen molar-refractivity contribution in [1.82, 2.24) is 9.55 Å². The first-order valence-electron chi connectivity index (χ1n) is 6.61. The first-order chi connectivity index (χ1) is 9.34. The van der Waals surface area contributed by atoms with E-state index in [4.69, 9.17) is 4.98 Å². The lowest BCUT2D eigenvalue weighted by Crippen LogP contribution is -2.17. The number of para-hydroxylation sites is 3. The number of imidazole rings is 1. The minimum absolute atomic E-state index is 1.01. The second-order valence-electron chi connectivity index (χ2n) is 4.99. The van der Waals surface area contributed by atoms with Gasteiger partial charge in [-0.25, -0.2) is 4.98 Å². The van der Waals surface area contributed by atoms with Crippen LogP contribution >= 0.6 is 0 Å². The molecule has 19 heavy (non-hydrogen) atoms. The van der Waals surface area contributed by atoms with Crippen LogP contribution < -0.4 is 4.90 Å². The average Bonchev–Trinajstić information content (AvgIpc) is 3.01. The molecule has 2 aromatic carbocycles. The zero-order valence-electron chi connectivity index (χ0n) is 10.9. The van der Waals surface area contributed by atoms with Crippen molar-refractivity contribution in [3.63, 3.8) is 0 Å². The maximum Gasteiger partial charge on any atom is 0.210 e. The van der Waals surface area contributed by atoms with Crippen molar-refractivity contribution in [2.45, 2.75) is 6.42 Å². The molecule has 0 spiro atoms. The molecule has 0 saturated carbocycles. The monoisotopic (exact) mass is 249 g/mol. The van der Waals surface area contributed by atoms with Gasteiger partial charge in [-0.05, 0) is 30.2 Å². The van der Waals surface area contributed by atoms with E-state index in [1.54, 1.807) is 0 Å². The topological polar surface area (TPSA) is 21.1 Å². The molecule has 3 nitrogen and oxygen atoms in total. The average molecular weight is 249 g/mol. The summed E-state index contributed by atoms with van der Waals surface area (Å²) < 4.78 is 2.18. The Balaban J connectivity index is 1.90. The van der Waals surface area contributed by atoms with Crippen LogP contribution in [0.5, 0.6) is 0 Å². The molecule has 0 fully saturated rings. The molecule has 0 unspecified atom stereocenters. The standard InChI is InChI=1S/C16H15N3/c1-18-15-9-5-3-7-13(15)17-16(18)19-11-10-12-6-2-4-8-14(12)19/h2-9H,10-11H2,1H3. The molecule has 0 saturated heterocycles. The van der Waals surface area contributed by atoms with Crippen LogP contribution in [-0.4, -0.2) is 16.1 Å². The number of aryl methyl sites for hydroxylation is 1. The fraction of sp³-hybridized carbons (Fsp3) is 0.188. The highest BCUT2D eigenvalue weighted by Gasteiger charge is 2.23. The summed E-state index contributed by atoms with van der Waals surface area (Å²) in [6.07, 6.45) is 1.10. The molecule has 0 radical (unpaired) electrons. The Morgan fingerprint density at radius 3 is 2.68 bits per heavy atom. The van der Waals surface area contributed by atoms with Gasteiger partial charge in [0, 0.05) is 19.3 Å². The molecule has 3 aromatic rings. The maximum atomic E-state index is 4.78. The fourth-order valence-corrected chi connectivity index (χ4v) is 2.92. The lowest BCUT2D eigenvalue weighted by atomic mass is 10.2. The lowest BCUT2D eigenvalue weighted by molar-refractivity contribution is 0.870. The van der Waals surface area contributed by atoms with E-state index in [1.807, 2.05) is 6.07 Å². The van der Waals surface area contributed by atoms with Crippen molar-refractivity contribution in [1.29, 1.82) is 0 Å². The summed E-state index contributed by atoms with van der Waals surface area (Å²) in [6, 6.07) is 16.9. The molecule has 3 heteroatoms. The summed E-state index contributed by atoms with van der Waals surface area (Å²) in [5.74, 6) is 1.03. The predicted octanol–water partition coefficient (Wildman–Crippen LogP) is 3.27. The van der Waals surface area contributed by atoms with E-state index in [9.17, 15) is 0 Å². The van der Waals surface area contributed by atoms with Crippen molar-refractivity contribution in [3.05, 3.63) is 54.1 Å². The Bertz CT molecular complexity index is 758. The maximum absolute atomic E-state index is 4.78. The number of rotatable bonds is 1. The minimum atomic E-state index is 1.01. The van der Waals surface area contributed by atoms with Gasteiger partial charge in [0.2, 0.25) is 5.95 Å². The van der Waals surface area contributed by atoms with E-state index in [0.29, 0.717) is 0 Å². The van der Waals surface area contributed by atoms with E-state index < -0.39 is 0 Å². The van der Waals surface area contributed by atoms with Gasteiger partial charge in [0.15, 0.2) is 0 Å². The highest BCUT2D eigenvalue weighted by molar-refractivity contribution is 5.80. The summed E-state index contributed by atoms with van der Waals surface area (Å²) in [7, 11) is 2.09. The van der Waals surface area contributed by atoms with Crippen molar-refractivity contribution >= 4 is 22.7 Å². The van der Waals surface area contributed by atoms with Gasteiger partial charge in [-0.2, -0.15) is 0 Å². The summed E-state index contributed by atoms with van der Waals surface area (Å²) in [6.45, 7) is 1.01. The van der Waals surface area contributed by atoms with Crippen LogP contribution in [0.25, 0.3) is 11.0 Å². The second kappa shape index (κ2) is 3.85. The van der Waals surface area contributed by atoms with Crippen LogP contribution in [0.15, 0.2) is 48.5 Å². The van der Waals surface area contributed by atoms with Crippen LogP contribution in [-0.2, 0) is 13.5 Å². The van der Waals surface area contributed by atoms with E-state index in [-0.39, 0.29) is 0 Å². The largest absolute Gasteiger partial charge is 0.313 e. The van der Waals surface area contributed by atoms with Gasteiger partial charge in [0.25, 0.3) is 0 Å². The van der Waals surface area contributed by atoms with Crippen molar-refractivity contribution in [3.8, 4) is 0 Å². The normalized spacial score (nSPS) is 14.1. The van der Waals surface area contributed by atoms with Crippen molar-refractivity contribution in [2.75, 3.05) is 11.4 Å². The highest BCUT2D eigenvalue weighted by atomic mass is 15.3. The van der Waals surface area contributed by atoms with E-state index in [2.05, 4.69) is 59.0 Å². The molecule has 2 heterocycles. The number of fused-ring (bicyclic) bond motifs is 2. The van der Waals surface area contributed by atoms with Crippen LogP contribution in [0.1, 0.15) is 5.56 Å². The molecule has 1 aromatic heterocycles. The van der Waals surface area contributed by atoms with Gasteiger partial charge < -0.3 is 9.47 Å². The van der Waals surface area contributed by atoms with Crippen LogP contribution in [0.4, 0.5) is 11.6 Å². The molecule has 0 aliphatic carbocycles. The third-order valence-corrected chi connectivity index (χ3v) is 3.89. The Morgan fingerprint density at radius 2 is 1.79 bits per heavy atom. The predicted molar refractivity (Wildman–Crippen MR) is 77.9 cm³/mol. The van der Waals surface area contributed by atoms with Gasteiger partial charge in [-0.15, -0.1) is 0 Å². The van der Waals surface area contributed by atoms with Gasteiger partial charge in [-0.1, -0.05) is 30.3 Å². The van der Waals surface area contributed by atoms with Crippen LogP contribution in [0, 0.1) is 0 Å². The van der Waals surface area contributed by atoms with Crippen LogP contribution in [0.2, 0.25) is 0 Å². The van der Waals surface area contributed by atoms with Crippen LogP contribution in [0.3, 0.4) is 0 Å². The Morgan fingerprint density at radius 1 is 1.00 bits per heavy atom. The third kappa shape index (κ3) is 1.48.